The van der Waals surface area contributed by atoms with E-state index in [1.54, 1.807) is 0 Å². The molecular weight excluding hydrogens is 146 g/mol. The monoisotopic (exact) mass is 159 g/mol. The summed E-state index contributed by atoms with van der Waals surface area (Å²) in [6.07, 6.45) is 0.539. The second kappa shape index (κ2) is 5.97. The summed E-state index contributed by atoms with van der Waals surface area (Å²) in [6.45, 7) is 1.74. The fourth-order valence-corrected chi connectivity index (χ4v) is 0.891. The quantitative estimate of drug-likeness (QED) is 0.370. The van der Waals surface area contributed by atoms with Gasteiger partial charge in [0.05, 0.1) is 18.8 Å². The standard InChI is InChI=1S/C6H13N3O2/c1-3-6(11-2)5(4-10)8-9-7/h5-6,10H,3-4H2,1-2H3. The summed E-state index contributed by atoms with van der Waals surface area (Å²) in [5, 5.41) is 12.1. The lowest BCUT2D eigenvalue weighted by Gasteiger charge is -2.17. The van der Waals surface area contributed by atoms with Crippen LogP contribution in [0.3, 0.4) is 0 Å². The number of methoxy groups -OCH3 is 1. The van der Waals surface area contributed by atoms with Crippen LogP contribution >= 0.6 is 0 Å². The Morgan fingerprint density at radius 2 is 2.36 bits per heavy atom. The van der Waals surface area contributed by atoms with Crippen LogP contribution in [0.15, 0.2) is 5.11 Å². The van der Waals surface area contributed by atoms with E-state index in [1.165, 1.54) is 7.11 Å². The summed E-state index contributed by atoms with van der Waals surface area (Å²) in [4.78, 5) is 2.61. The number of hydrogen-bond acceptors (Lipinski definition) is 3. The van der Waals surface area contributed by atoms with Crippen molar-refractivity contribution in [3.63, 3.8) is 0 Å². The number of rotatable bonds is 5. The van der Waals surface area contributed by atoms with Gasteiger partial charge in [-0.2, -0.15) is 0 Å². The molecule has 0 amide bonds. The Labute approximate surface area is 65.6 Å². The second-order valence-corrected chi connectivity index (χ2v) is 2.14. The van der Waals surface area contributed by atoms with Gasteiger partial charge in [-0.3, -0.25) is 0 Å². The van der Waals surface area contributed by atoms with Crippen molar-refractivity contribution in [2.75, 3.05) is 13.7 Å². The molecule has 1 N–H and O–H groups in total. The molecule has 0 saturated carbocycles. The van der Waals surface area contributed by atoms with E-state index >= 15 is 0 Å². The van der Waals surface area contributed by atoms with Crippen LogP contribution in [0.5, 0.6) is 0 Å². The van der Waals surface area contributed by atoms with Gasteiger partial charge in [0.25, 0.3) is 0 Å². The number of nitrogens with zero attached hydrogens (tertiary/aromatic N) is 3. The van der Waals surface area contributed by atoms with Crippen molar-refractivity contribution in [1.29, 1.82) is 0 Å². The predicted octanol–water partition coefficient (Wildman–Crippen LogP) is 1.08. The molecule has 0 rings (SSSR count). The van der Waals surface area contributed by atoms with Gasteiger partial charge in [-0.25, -0.2) is 0 Å². The molecular formula is C6H13N3O2. The Balaban J connectivity index is 4.08. The minimum absolute atomic E-state index is 0.170. The molecule has 0 aromatic rings. The highest BCUT2D eigenvalue weighted by Gasteiger charge is 2.16. The highest BCUT2D eigenvalue weighted by atomic mass is 16.5. The third-order valence-corrected chi connectivity index (χ3v) is 1.52. The van der Waals surface area contributed by atoms with Crippen LogP contribution in [-0.2, 0) is 4.74 Å². The van der Waals surface area contributed by atoms with Crippen LogP contribution in [-0.4, -0.2) is 31.0 Å². The van der Waals surface area contributed by atoms with Gasteiger partial charge in [0, 0.05) is 12.0 Å². The Hall–Kier alpha value is -0.770. The van der Waals surface area contributed by atoms with Crippen LogP contribution in [0.25, 0.3) is 10.4 Å². The van der Waals surface area contributed by atoms with E-state index < -0.39 is 6.04 Å². The second-order valence-electron chi connectivity index (χ2n) is 2.14. The molecule has 5 nitrogen and oxygen atoms in total. The van der Waals surface area contributed by atoms with E-state index in [0.29, 0.717) is 0 Å². The molecule has 2 atom stereocenters. The average Bonchev–Trinajstić information content (AvgIpc) is 2.05. The summed E-state index contributed by atoms with van der Waals surface area (Å²) in [7, 11) is 1.53. The van der Waals surface area contributed by atoms with Gasteiger partial charge < -0.3 is 9.84 Å². The SMILES string of the molecule is CCC(OC)C(CO)N=[N+]=[N-]. The number of aliphatic hydroxyl groups excluding tert-OH is 1. The lowest BCUT2D eigenvalue weighted by atomic mass is 10.1. The normalized spacial score (nSPS) is 15.2. The van der Waals surface area contributed by atoms with Crippen molar-refractivity contribution in [1.82, 2.24) is 0 Å². The van der Waals surface area contributed by atoms with Crippen LogP contribution in [0.1, 0.15) is 13.3 Å². The fourth-order valence-electron chi connectivity index (χ4n) is 0.891. The molecule has 2 unspecified atom stereocenters. The van der Waals surface area contributed by atoms with E-state index in [1.807, 2.05) is 6.92 Å². The van der Waals surface area contributed by atoms with E-state index in [4.69, 9.17) is 15.4 Å². The summed E-state index contributed by atoms with van der Waals surface area (Å²) < 4.78 is 4.98. The summed E-state index contributed by atoms with van der Waals surface area (Å²) in [5.41, 5.74) is 8.10. The molecule has 0 spiro atoms. The third kappa shape index (κ3) is 3.23. The molecule has 0 aromatic carbocycles. The first kappa shape index (κ1) is 10.2. The summed E-state index contributed by atoms with van der Waals surface area (Å²) in [5.74, 6) is 0. The molecule has 0 aliphatic carbocycles. The van der Waals surface area contributed by atoms with Gasteiger partial charge >= 0.3 is 0 Å². The summed E-state index contributed by atoms with van der Waals surface area (Å²) >= 11 is 0. The molecule has 0 radical (unpaired) electrons. The number of aliphatic hydroxyl groups is 1. The Morgan fingerprint density at radius 3 is 2.64 bits per heavy atom. The zero-order valence-electron chi connectivity index (χ0n) is 6.77. The molecule has 0 fully saturated rings. The van der Waals surface area contributed by atoms with Crippen molar-refractivity contribution in [3.8, 4) is 0 Å². The first-order chi connectivity index (χ1) is 5.29. The lowest BCUT2D eigenvalue weighted by molar-refractivity contribution is 0.0571. The van der Waals surface area contributed by atoms with E-state index in [2.05, 4.69) is 10.0 Å². The van der Waals surface area contributed by atoms with Crippen molar-refractivity contribution in [2.45, 2.75) is 25.5 Å². The van der Waals surface area contributed by atoms with E-state index in [-0.39, 0.29) is 12.7 Å². The zero-order chi connectivity index (χ0) is 8.69. The minimum Gasteiger partial charge on any atom is -0.396 e. The van der Waals surface area contributed by atoms with Gasteiger partial charge in [0.15, 0.2) is 0 Å². The maximum atomic E-state index is 8.74. The van der Waals surface area contributed by atoms with E-state index in [9.17, 15) is 0 Å². The summed E-state index contributed by atoms with van der Waals surface area (Å²) in [6, 6.07) is -0.463. The fraction of sp³-hybridized carbons (Fsp3) is 1.00. The Bertz CT molecular complexity index is 141. The Kier molecular flexibility index (Phi) is 5.56. The van der Waals surface area contributed by atoms with Crippen molar-refractivity contribution in [2.24, 2.45) is 5.11 Å². The maximum Gasteiger partial charge on any atom is 0.0866 e. The van der Waals surface area contributed by atoms with E-state index in [0.717, 1.165) is 6.42 Å². The van der Waals surface area contributed by atoms with Gasteiger partial charge in [-0.05, 0) is 12.0 Å². The van der Waals surface area contributed by atoms with Crippen LogP contribution in [0, 0.1) is 0 Å². The van der Waals surface area contributed by atoms with Crippen molar-refractivity contribution in [3.05, 3.63) is 10.4 Å². The molecule has 11 heavy (non-hydrogen) atoms. The van der Waals surface area contributed by atoms with Gasteiger partial charge in [-0.1, -0.05) is 12.0 Å². The van der Waals surface area contributed by atoms with Gasteiger partial charge in [0.2, 0.25) is 0 Å². The molecule has 0 aliphatic rings. The van der Waals surface area contributed by atoms with Crippen LogP contribution in [0.4, 0.5) is 0 Å². The zero-order valence-corrected chi connectivity index (χ0v) is 6.77. The number of hydrogen-bond donors (Lipinski definition) is 1. The van der Waals surface area contributed by atoms with Crippen LogP contribution in [0.2, 0.25) is 0 Å². The molecule has 0 saturated heterocycles. The molecule has 0 aliphatic heterocycles. The molecule has 5 heteroatoms. The Morgan fingerprint density at radius 1 is 1.73 bits per heavy atom. The van der Waals surface area contributed by atoms with Gasteiger partial charge in [0.1, 0.15) is 0 Å². The maximum absolute atomic E-state index is 8.74. The average molecular weight is 159 g/mol. The molecule has 64 valence electrons. The first-order valence-corrected chi connectivity index (χ1v) is 3.48. The van der Waals surface area contributed by atoms with Gasteiger partial charge in [-0.15, -0.1) is 0 Å². The lowest BCUT2D eigenvalue weighted by Crippen LogP contribution is -2.28. The number of azide groups is 1. The predicted molar refractivity (Wildman–Crippen MR) is 41.1 cm³/mol. The topological polar surface area (TPSA) is 78.2 Å². The number of ether oxygens (including phenoxy) is 1. The smallest absolute Gasteiger partial charge is 0.0866 e. The molecule has 0 bridgehead atoms. The molecule has 0 heterocycles. The highest BCUT2D eigenvalue weighted by molar-refractivity contribution is 4.74. The minimum atomic E-state index is -0.463. The molecule has 0 aromatic heterocycles. The third-order valence-electron chi connectivity index (χ3n) is 1.52. The largest absolute Gasteiger partial charge is 0.396 e. The van der Waals surface area contributed by atoms with Crippen LogP contribution < -0.4 is 0 Å². The first-order valence-electron chi connectivity index (χ1n) is 3.48. The van der Waals surface area contributed by atoms with Crippen molar-refractivity contribution >= 4 is 0 Å². The van der Waals surface area contributed by atoms with Crippen molar-refractivity contribution < 1.29 is 9.84 Å². The highest BCUT2D eigenvalue weighted by Crippen LogP contribution is 2.06.